The molecule has 0 aromatic rings. The molecule has 3 saturated carbocycles. The van der Waals surface area contributed by atoms with Gasteiger partial charge >= 0.3 is 23.9 Å². The molecule has 1 saturated heterocycles. The van der Waals surface area contributed by atoms with Gasteiger partial charge in [0.15, 0.2) is 11.9 Å². The van der Waals surface area contributed by atoms with Crippen LogP contribution in [0, 0.1) is 40.4 Å². The number of ether oxygens (including phenoxy) is 5. The van der Waals surface area contributed by atoms with Gasteiger partial charge in [-0.05, 0) is 81.3 Å². The van der Waals surface area contributed by atoms with Crippen molar-refractivity contribution in [2.75, 3.05) is 6.61 Å². The maximum absolute atomic E-state index is 13.8. The van der Waals surface area contributed by atoms with Crippen molar-refractivity contribution in [3.8, 4) is 0 Å². The topological polar surface area (TPSA) is 135 Å². The smallest absolute Gasteiger partial charge is 0.337 e. The van der Waals surface area contributed by atoms with E-state index in [9.17, 15) is 24.0 Å². The Hall–Kier alpha value is -3.01. The van der Waals surface area contributed by atoms with Crippen LogP contribution in [0.3, 0.4) is 0 Å². The van der Waals surface area contributed by atoms with Crippen LogP contribution in [0.25, 0.3) is 0 Å². The second kappa shape index (κ2) is 10.5. The summed E-state index contributed by atoms with van der Waals surface area (Å²) in [6, 6.07) is 0. The molecule has 10 heteroatoms. The van der Waals surface area contributed by atoms with E-state index in [1.54, 1.807) is 6.08 Å². The Balaban J connectivity index is 1.31. The Labute approximate surface area is 258 Å². The Kier molecular flexibility index (Phi) is 7.42. The first-order chi connectivity index (χ1) is 20.7. The van der Waals surface area contributed by atoms with Gasteiger partial charge in [0.1, 0.15) is 24.4 Å². The van der Waals surface area contributed by atoms with E-state index >= 15 is 0 Å². The van der Waals surface area contributed by atoms with Crippen LogP contribution in [-0.4, -0.2) is 66.3 Å². The van der Waals surface area contributed by atoms with Crippen LogP contribution >= 0.6 is 0 Å². The fourth-order valence-electron chi connectivity index (χ4n) is 10.4. The third kappa shape index (κ3) is 4.33. The molecule has 0 amide bonds. The third-order valence-corrected chi connectivity index (χ3v) is 12.5. The van der Waals surface area contributed by atoms with E-state index in [4.69, 9.17) is 23.7 Å². The van der Waals surface area contributed by atoms with E-state index in [-0.39, 0.29) is 60.2 Å². The zero-order valence-corrected chi connectivity index (χ0v) is 26.7. The van der Waals surface area contributed by atoms with Gasteiger partial charge in [0.05, 0.1) is 17.1 Å². The summed E-state index contributed by atoms with van der Waals surface area (Å²) in [6.45, 7) is 12.2. The molecule has 12 atom stereocenters. The van der Waals surface area contributed by atoms with Crippen molar-refractivity contribution in [1.29, 1.82) is 0 Å². The molecule has 10 nitrogen and oxygen atoms in total. The molecule has 0 N–H and O–H groups in total. The molecule has 4 fully saturated rings. The molecule has 2 aliphatic heterocycles. The van der Waals surface area contributed by atoms with Crippen LogP contribution in [0.1, 0.15) is 80.6 Å². The van der Waals surface area contributed by atoms with Gasteiger partial charge < -0.3 is 23.7 Å². The summed E-state index contributed by atoms with van der Waals surface area (Å²) in [5.74, 6) is -1.51. The predicted octanol–water partition coefficient (Wildman–Crippen LogP) is 4.04. The summed E-state index contributed by atoms with van der Waals surface area (Å²) < 4.78 is 29.4. The van der Waals surface area contributed by atoms with Gasteiger partial charge in [-0.2, -0.15) is 0 Å². The highest BCUT2D eigenvalue weighted by Crippen LogP contribution is 2.73. The van der Waals surface area contributed by atoms with Crippen molar-refractivity contribution in [3.63, 3.8) is 0 Å². The average Bonchev–Trinajstić information content (AvgIpc) is 3.56. The lowest BCUT2D eigenvalue weighted by atomic mass is 9.43. The van der Waals surface area contributed by atoms with Crippen LogP contribution in [0.4, 0.5) is 0 Å². The lowest BCUT2D eigenvalue weighted by Gasteiger charge is -2.60. The molecular formula is C34H44O10. The number of fused-ring (bicyclic) bond motifs is 4. The van der Waals surface area contributed by atoms with Crippen molar-refractivity contribution in [1.82, 2.24) is 0 Å². The first-order valence-electron chi connectivity index (χ1n) is 15.9. The normalized spacial score (nSPS) is 44.3. The monoisotopic (exact) mass is 612 g/mol. The molecule has 6 aliphatic rings. The van der Waals surface area contributed by atoms with Crippen molar-refractivity contribution in [2.45, 2.75) is 111 Å². The highest BCUT2D eigenvalue weighted by atomic mass is 16.7. The van der Waals surface area contributed by atoms with Gasteiger partial charge in [-0.3, -0.25) is 19.2 Å². The first kappa shape index (κ1) is 31.0. The lowest BCUT2D eigenvalue weighted by molar-refractivity contribution is -0.195. The number of hydrogen-bond donors (Lipinski definition) is 0. The van der Waals surface area contributed by atoms with Gasteiger partial charge in [-0.25, -0.2) is 4.79 Å². The van der Waals surface area contributed by atoms with Crippen molar-refractivity contribution in [2.24, 2.45) is 40.4 Å². The number of hydrogen-bond acceptors (Lipinski definition) is 10. The molecule has 4 aliphatic carbocycles. The summed E-state index contributed by atoms with van der Waals surface area (Å²) in [5, 5.41) is 0. The van der Waals surface area contributed by atoms with Crippen molar-refractivity contribution < 1.29 is 47.7 Å². The van der Waals surface area contributed by atoms with Crippen LogP contribution in [0.15, 0.2) is 23.3 Å². The highest BCUT2D eigenvalue weighted by Gasteiger charge is 2.82. The summed E-state index contributed by atoms with van der Waals surface area (Å²) in [4.78, 5) is 62.8. The van der Waals surface area contributed by atoms with Gasteiger partial charge in [0.25, 0.3) is 0 Å². The Morgan fingerprint density at radius 3 is 2.34 bits per heavy atom. The predicted molar refractivity (Wildman–Crippen MR) is 154 cm³/mol. The first-order valence-corrected chi connectivity index (χ1v) is 15.9. The molecular weight excluding hydrogens is 568 g/mol. The largest absolute Gasteiger partial charge is 0.462 e. The molecule has 0 aromatic carbocycles. The minimum absolute atomic E-state index is 0.0307. The zero-order valence-electron chi connectivity index (χ0n) is 26.7. The van der Waals surface area contributed by atoms with Gasteiger partial charge in [0.2, 0.25) is 0 Å². The Morgan fingerprint density at radius 2 is 1.70 bits per heavy atom. The fraction of sp³-hybridized carbons (Fsp3) is 0.735. The van der Waals surface area contributed by atoms with Crippen LogP contribution < -0.4 is 0 Å². The minimum Gasteiger partial charge on any atom is -0.462 e. The number of allylic oxidation sites excluding steroid dienone is 1. The molecule has 6 rings (SSSR count). The summed E-state index contributed by atoms with van der Waals surface area (Å²) >= 11 is 0. The SMILES string of the molecule is CC(=O)OCC1=C(C)CC([C@@H](C)C2CCC3C4C[C@H]5OC56[C@H](OC(C)=O)C=CC(=O)[C@]6(C)C4C[C@@H](OC(C)=O)[C@@]32C)OC1=O. The molecule has 240 valence electrons. The maximum atomic E-state index is 13.8. The van der Waals surface area contributed by atoms with Crippen LogP contribution in [-0.2, 0) is 47.7 Å². The van der Waals surface area contributed by atoms with E-state index in [0.717, 1.165) is 24.8 Å². The number of ketones is 1. The van der Waals surface area contributed by atoms with Crippen molar-refractivity contribution >= 4 is 29.7 Å². The molecule has 6 unspecified atom stereocenters. The number of cyclic esters (lactones) is 1. The number of carbonyl (C=O) groups excluding carboxylic acids is 5. The maximum Gasteiger partial charge on any atom is 0.337 e. The number of rotatable bonds is 6. The molecule has 0 radical (unpaired) electrons. The molecule has 1 spiro atoms. The second-order valence-corrected chi connectivity index (χ2v) is 14.4. The van der Waals surface area contributed by atoms with Gasteiger partial charge in [0, 0.05) is 32.6 Å². The quantitative estimate of drug-likeness (QED) is 0.246. The average molecular weight is 613 g/mol. The second-order valence-electron chi connectivity index (χ2n) is 14.4. The molecule has 0 bridgehead atoms. The van der Waals surface area contributed by atoms with Crippen LogP contribution in [0.5, 0.6) is 0 Å². The van der Waals surface area contributed by atoms with E-state index in [1.165, 1.54) is 26.8 Å². The summed E-state index contributed by atoms with van der Waals surface area (Å²) in [7, 11) is 0. The Morgan fingerprint density at radius 1 is 1.00 bits per heavy atom. The van der Waals surface area contributed by atoms with Gasteiger partial charge in [-0.15, -0.1) is 0 Å². The third-order valence-electron chi connectivity index (χ3n) is 12.5. The van der Waals surface area contributed by atoms with Crippen LogP contribution in [0.2, 0.25) is 0 Å². The zero-order chi connectivity index (χ0) is 31.9. The Bertz CT molecular complexity index is 1360. The number of esters is 4. The summed E-state index contributed by atoms with van der Waals surface area (Å²) in [5.41, 5.74) is -1.01. The van der Waals surface area contributed by atoms with Crippen molar-refractivity contribution in [3.05, 3.63) is 23.3 Å². The molecule has 44 heavy (non-hydrogen) atoms. The standard InChI is InChI=1S/C34H44O10/c1-16-12-26(43-31(39)22(16)15-40-18(3)35)17(2)23-8-9-24-21-13-30-34(44-30)28(41-19(4)36)11-10-27(38)33(34,7)25(21)14-29(32(23,24)6)42-20(5)37/h10-11,17,21,23-26,28-30H,8-9,12-15H2,1-7H3/t17-,21?,23?,24?,25?,26?,28+,29+,30+,32+,33-,34?/m0/s1. The molecule has 2 heterocycles. The number of carbonyl (C=O) groups is 5. The highest BCUT2D eigenvalue weighted by molar-refractivity contribution is 5.98. The lowest BCUT2D eigenvalue weighted by Crippen LogP contribution is -2.66. The van der Waals surface area contributed by atoms with E-state index in [0.29, 0.717) is 18.4 Å². The molecule has 0 aromatic heterocycles. The fourth-order valence-corrected chi connectivity index (χ4v) is 10.4. The number of epoxide rings is 1. The van der Waals surface area contributed by atoms with E-state index in [1.807, 2.05) is 13.8 Å². The van der Waals surface area contributed by atoms with Gasteiger partial charge in [-0.1, -0.05) is 19.4 Å². The minimum atomic E-state index is -0.933. The van der Waals surface area contributed by atoms with E-state index < -0.39 is 46.5 Å². The van der Waals surface area contributed by atoms with E-state index in [2.05, 4.69) is 13.8 Å². The summed E-state index contributed by atoms with van der Waals surface area (Å²) in [6.07, 6.45) is 5.08.